The molecule has 90 valence electrons. The van der Waals surface area contributed by atoms with Gasteiger partial charge in [0.25, 0.3) is 5.56 Å². The van der Waals surface area contributed by atoms with Crippen molar-refractivity contribution in [2.45, 2.75) is 6.92 Å². The Morgan fingerprint density at radius 3 is 2.72 bits per heavy atom. The lowest BCUT2D eigenvalue weighted by Crippen LogP contribution is -2.30. The highest BCUT2D eigenvalue weighted by Crippen LogP contribution is 2.17. The van der Waals surface area contributed by atoms with Gasteiger partial charge in [-0.05, 0) is 30.7 Å². The van der Waals surface area contributed by atoms with Crippen LogP contribution in [0.3, 0.4) is 0 Å². The van der Waals surface area contributed by atoms with Crippen molar-refractivity contribution < 1.29 is 0 Å². The molecule has 0 fully saturated rings. The van der Waals surface area contributed by atoms with Gasteiger partial charge in [-0.3, -0.25) is 14.3 Å². The highest BCUT2D eigenvalue weighted by Gasteiger charge is 2.08. The van der Waals surface area contributed by atoms with Crippen LogP contribution in [0.25, 0.3) is 5.69 Å². The third kappa shape index (κ3) is 2.06. The van der Waals surface area contributed by atoms with Gasteiger partial charge in [-0.25, -0.2) is 4.79 Å². The minimum atomic E-state index is -0.689. The van der Waals surface area contributed by atoms with Crippen LogP contribution in [-0.2, 0) is 0 Å². The normalized spacial score (nSPS) is 10.1. The van der Waals surface area contributed by atoms with Gasteiger partial charge in [-0.1, -0.05) is 11.6 Å². The third-order valence-corrected chi connectivity index (χ3v) is 2.72. The van der Waals surface area contributed by atoms with Gasteiger partial charge in [0.2, 0.25) is 0 Å². The number of hydrogen-bond acceptors (Lipinski definition) is 3. The fourth-order valence-electron chi connectivity index (χ4n) is 1.62. The monoisotopic (exact) mass is 261 g/mol. The number of nitrogens with zero attached hydrogens (tertiary/aromatic N) is 2. The molecule has 0 aliphatic heterocycles. The maximum Gasteiger partial charge on any atom is 0.332 e. The van der Waals surface area contributed by atoms with Gasteiger partial charge in [-0.2, -0.15) is 5.26 Å². The van der Waals surface area contributed by atoms with Gasteiger partial charge in [0.1, 0.15) is 11.6 Å². The average Bonchev–Trinajstić information content (AvgIpc) is 2.30. The molecule has 1 N–H and O–H groups in total. The molecule has 5 nitrogen and oxygen atoms in total. The van der Waals surface area contributed by atoms with Gasteiger partial charge < -0.3 is 0 Å². The predicted octanol–water partition coefficient (Wildman–Crippen LogP) is 1.36. The van der Waals surface area contributed by atoms with Crippen molar-refractivity contribution in [3.05, 3.63) is 61.4 Å². The third-order valence-electron chi connectivity index (χ3n) is 2.48. The van der Waals surface area contributed by atoms with Crippen LogP contribution < -0.4 is 11.2 Å². The van der Waals surface area contributed by atoms with Crippen LogP contribution in [0.1, 0.15) is 11.1 Å². The Labute approximate surface area is 107 Å². The van der Waals surface area contributed by atoms with Crippen LogP contribution >= 0.6 is 11.6 Å². The van der Waals surface area contributed by atoms with Crippen molar-refractivity contribution >= 4 is 11.6 Å². The molecule has 1 heterocycles. The van der Waals surface area contributed by atoms with E-state index in [0.29, 0.717) is 10.7 Å². The Morgan fingerprint density at radius 2 is 2.11 bits per heavy atom. The Hall–Kier alpha value is -2.32. The summed E-state index contributed by atoms with van der Waals surface area (Å²) >= 11 is 5.83. The molecule has 0 bridgehead atoms. The quantitative estimate of drug-likeness (QED) is 0.842. The van der Waals surface area contributed by atoms with E-state index in [1.165, 1.54) is 10.8 Å². The first kappa shape index (κ1) is 12.1. The number of nitriles is 1. The van der Waals surface area contributed by atoms with E-state index in [2.05, 4.69) is 4.98 Å². The van der Waals surface area contributed by atoms with Crippen molar-refractivity contribution in [2.75, 3.05) is 0 Å². The molecule has 0 spiro atoms. The van der Waals surface area contributed by atoms with Crippen LogP contribution in [0.2, 0.25) is 5.02 Å². The van der Waals surface area contributed by atoms with Crippen molar-refractivity contribution in [1.82, 2.24) is 9.55 Å². The number of rotatable bonds is 1. The molecule has 0 radical (unpaired) electrons. The van der Waals surface area contributed by atoms with Crippen molar-refractivity contribution in [3.63, 3.8) is 0 Å². The molecule has 0 amide bonds. The van der Waals surface area contributed by atoms with Crippen molar-refractivity contribution in [2.24, 2.45) is 0 Å². The van der Waals surface area contributed by atoms with Crippen molar-refractivity contribution in [3.8, 4) is 11.8 Å². The van der Waals surface area contributed by atoms with E-state index in [4.69, 9.17) is 16.9 Å². The maximum atomic E-state index is 11.7. The van der Waals surface area contributed by atoms with E-state index in [9.17, 15) is 9.59 Å². The topological polar surface area (TPSA) is 78.7 Å². The van der Waals surface area contributed by atoms with E-state index < -0.39 is 11.2 Å². The number of aromatic nitrogens is 2. The van der Waals surface area contributed by atoms with Gasteiger partial charge in [0.15, 0.2) is 0 Å². The Morgan fingerprint density at radius 1 is 1.39 bits per heavy atom. The molecular formula is C12H8ClN3O2. The summed E-state index contributed by atoms with van der Waals surface area (Å²) in [5.41, 5.74) is -0.0728. The SMILES string of the molecule is Cc1cc(Cl)ccc1-n1cc(C#N)c(=O)[nH]c1=O. The highest BCUT2D eigenvalue weighted by molar-refractivity contribution is 6.30. The molecular weight excluding hydrogens is 254 g/mol. The first-order valence-electron chi connectivity index (χ1n) is 5.05. The van der Waals surface area contributed by atoms with Crippen LogP contribution in [0.5, 0.6) is 0 Å². The maximum absolute atomic E-state index is 11.7. The molecule has 2 rings (SSSR count). The standard InChI is InChI=1S/C12H8ClN3O2/c1-7-4-9(13)2-3-10(7)16-6-8(5-14)11(17)15-12(16)18/h2-4,6H,1H3,(H,15,17,18). The summed E-state index contributed by atoms with van der Waals surface area (Å²) in [5, 5.41) is 9.34. The van der Waals surface area contributed by atoms with Gasteiger partial charge in [0.05, 0.1) is 5.69 Å². The first-order chi connectivity index (χ1) is 8.52. The van der Waals surface area contributed by atoms with E-state index in [-0.39, 0.29) is 5.56 Å². The number of nitrogens with one attached hydrogen (secondary N) is 1. The zero-order valence-corrected chi connectivity index (χ0v) is 10.2. The lowest BCUT2D eigenvalue weighted by molar-refractivity contribution is 0.883. The molecule has 18 heavy (non-hydrogen) atoms. The van der Waals surface area contributed by atoms with Crippen LogP contribution in [-0.4, -0.2) is 9.55 Å². The Balaban J connectivity index is 2.76. The van der Waals surface area contributed by atoms with E-state index in [1.54, 1.807) is 31.2 Å². The zero-order chi connectivity index (χ0) is 13.3. The second kappa shape index (κ2) is 4.51. The van der Waals surface area contributed by atoms with Gasteiger partial charge in [-0.15, -0.1) is 0 Å². The van der Waals surface area contributed by atoms with Crippen LogP contribution in [0.15, 0.2) is 34.0 Å². The summed E-state index contributed by atoms with van der Waals surface area (Å²) in [6.07, 6.45) is 1.22. The number of H-pyrrole nitrogens is 1. The summed E-state index contributed by atoms with van der Waals surface area (Å²) in [7, 11) is 0. The number of hydrogen-bond donors (Lipinski definition) is 1. The summed E-state index contributed by atoms with van der Waals surface area (Å²) in [5.74, 6) is 0. The number of aryl methyl sites for hydroxylation is 1. The molecule has 2 aromatic rings. The molecule has 1 aromatic carbocycles. The molecule has 6 heteroatoms. The fraction of sp³-hybridized carbons (Fsp3) is 0.0833. The highest BCUT2D eigenvalue weighted by atomic mass is 35.5. The molecule has 0 unspecified atom stereocenters. The number of halogens is 1. The number of aromatic amines is 1. The predicted molar refractivity (Wildman–Crippen MR) is 67.1 cm³/mol. The molecule has 0 atom stereocenters. The number of benzene rings is 1. The lowest BCUT2D eigenvalue weighted by atomic mass is 10.2. The Bertz CT molecular complexity index is 768. The second-order valence-electron chi connectivity index (χ2n) is 3.71. The van der Waals surface area contributed by atoms with Crippen molar-refractivity contribution in [1.29, 1.82) is 5.26 Å². The van der Waals surface area contributed by atoms with E-state index in [1.807, 2.05) is 0 Å². The summed E-state index contributed by atoms with van der Waals surface area (Å²) in [4.78, 5) is 25.1. The second-order valence-corrected chi connectivity index (χ2v) is 4.15. The fourth-order valence-corrected chi connectivity index (χ4v) is 1.85. The minimum Gasteiger partial charge on any atom is -0.273 e. The summed E-state index contributed by atoms with van der Waals surface area (Å²) in [6, 6.07) is 6.71. The minimum absolute atomic E-state index is 0.121. The smallest absolute Gasteiger partial charge is 0.273 e. The average molecular weight is 262 g/mol. The van der Waals surface area contributed by atoms with Crippen LogP contribution in [0.4, 0.5) is 0 Å². The van der Waals surface area contributed by atoms with Gasteiger partial charge >= 0.3 is 5.69 Å². The molecule has 0 aliphatic rings. The molecule has 0 saturated heterocycles. The molecule has 1 aromatic heterocycles. The largest absolute Gasteiger partial charge is 0.332 e. The molecule has 0 aliphatic carbocycles. The zero-order valence-electron chi connectivity index (χ0n) is 9.40. The molecule has 0 saturated carbocycles. The van der Waals surface area contributed by atoms with Crippen LogP contribution in [0, 0.1) is 18.3 Å². The van der Waals surface area contributed by atoms with Gasteiger partial charge in [0, 0.05) is 11.2 Å². The van der Waals surface area contributed by atoms with E-state index >= 15 is 0 Å². The summed E-state index contributed by atoms with van der Waals surface area (Å²) in [6.45, 7) is 1.78. The van der Waals surface area contributed by atoms with E-state index in [0.717, 1.165) is 5.56 Å². The summed E-state index contributed by atoms with van der Waals surface area (Å²) < 4.78 is 1.21. The lowest BCUT2D eigenvalue weighted by Gasteiger charge is -2.08. The first-order valence-corrected chi connectivity index (χ1v) is 5.43. The Kier molecular flexibility index (Phi) is 3.04.